The van der Waals surface area contributed by atoms with E-state index in [-0.39, 0.29) is 30.6 Å². The minimum Gasteiger partial charge on any atom is -0.461 e. The van der Waals surface area contributed by atoms with E-state index in [2.05, 4.69) is 0 Å². The molecule has 0 saturated carbocycles. The normalized spacial score (nSPS) is 11.0. The molecule has 0 heterocycles. The Labute approximate surface area is 148 Å². The van der Waals surface area contributed by atoms with E-state index in [1.165, 1.54) is 0 Å². The highest BCUT2D eigenvalue weighted by Crippen LogP contribution is 2.28. The average molecular weight is 340 g/mol. The molecule has 25 heavy (non-hydrogen) atoms. The molecule has 4 nitrogen and oxygen atoms in total. The van der Waals surface area contributed by atoms with Gasteiger partial charge >= 0.3 is 11.9 Å². The second-order valence-corrected chi connectivity index (χ2v) is 6.09. The van der Waals surface area contributed by atoms with E-state index in [0.29, 0.717) is 11.1 Å². The number of carbonyl (C=O) groups is 2. The molecular weight excluding hydrogens is 316 g/mol. The number of carbonyl (C=O) groups excluding carboxylic acids is 2. The summed E-state index contributed by atoms with van der Waals surface area (Å²) >= 11 is 0. The molecule has 0 bridgehead atoms. The van der Waals surface area contributed by atoms with E-state index in [9.17, 15) is 9.59 Å². The van der Waals surface area contributed by atoms with Crippen molar-refractivity contribution in [1.29, 1.82) is 0 Å². The summed E-state index contributed by atoms with van der Waals surface area (Å²) in [6.45, 7) is 4.46. The van der Waals surface area contributed by atoms with E-state index < -0.39 is 0 Å². The summed E-state index contributed by atoms with van der Waals surface area (Å²) in [5.41, 5.74) is 0.657. The van der Waals surface area contributed by atoms with Gasteiger partial charge in [0.25, 0.3) is 0 Å². The Morgan fingerprint density at radius 1 is 0.720 bits per heavy atom. The van der Waals surface area contributed by atoms with Crippen molar-refractivity contribution in [2.24, 2.45) is 5.41 Å². The zero-order chi connectivity index (χ0) is 18.1. The summed E-state index contributed by atoms with van der Waals surface area (Å²) in [6.07, 6.45) is 1.49. The summed E-state index contributed by atoms with van der Waals surface area (Å²) in [6, 6.07) is 17.8. The third-order valence-electron chi connectivity index (χ3n) is 4.54. The molecule has 132 valence electrons. The molecule has 0 N–H and O–H groups in total. The highest BCUT2D eigenvalue weighted by atomic mass is 16.5. The molecule has 0 fully saturated rings. The fourth-order valence-corrected chi connectivity index (χ4v) is 2.45. The maximum absolute atomic E-state index is 12.2. The van der Waals surface area contributed by atoms with Gasteiger partial charge in [-0.2, -0.15) is 0 Å². The van der Waals surface area contributed by atoms with Crippen LogP contribution in [0.4, 0.5) is 0 Å². The zero-order valence-corrected chi connectivity index (χ0v) is 14.7. The van der Waals surface area contributed by atoms with E-state index in [1.54, 1.807) is 48.5 Å². The summed E-state index contributed by atoms with van der Waals surface area (Å²) < 4.78 is 11.0. The van der Waals surface area contributed by atoms with Crippen LogP contribution in [0.1, 0.15) is 47.4 Å². The Bertz CT molecular complexity index is 618. The molecular formula is C21H24O4. The molecule has 2 rings (SSSR count). The lowest BCUT2D eigenvalue weighted by atomic mass is 9.84. The van der Waals surface area contributed by atoms with Crippen LogP contribution in [-0.4, -0.2) is 25.2 Å². The molecule has 2 aromatic carbocycles. The molecule has 0 aromatic heterocycles. The predicted molar refractivity (Wildman–Crippen MR) is 96.5 cm³/mol. The van der Waals surface area contributed by atoms with Gasteiger partial charge in [0.2, 0.25) is 0 Å². The number of esters is 2. The largest absolute Gasteiger partial charge is 0.461 e. The fraction of sp³-hybridized carbons (Fsp3) is 0.333. The quantitative estimate of drug-likeness (QED) is 0.664. The maximum atomic E-state index is 12.2. The van der Waals surface area contributed by atoms with Crippen molar-refractivity contribution in [2.75, 3.05) is 13.2 Å². The third kappa shape index (κ3) is 5.18. The van der Waals surface area contributed by atoms with Crippen molar-refractivity contribution in [3.05, 3.63) is 71.8 Å². The van der Waals surface area contributed by atoms with Crippen LogP contribution in [-0.2, 0) is 9.47 Å². The predicted octanol–water partition coefficient (Wildman–Crippen LogP) is 4.51. The Hall–Kier alpha value is -2.62. The van der Waals surface area contributed by atoms with E-state index in [0.717, 1.165) is 12.8 Å². The number of benzene rings is 2. The van der Waals surface area contributed by atoms with Gasteiger partial charge in [-0.05, 0) is 37.1 Å². The molecule has 0 aliphatic heterocycles. The Morgan fingerprint density at radius 3 is 1.40 bits per heavy atom. The van der Waals surface area contributed by atoms with Crippen molar-refractivity contribution in [3.63, 3.8) is 0 Å². The number of hydrogen-bond acceptors (Lipinski definition) is 4. The molecule has 0 unspecified atom stereocenters. The first kappa shape index (κ1) is 18.7. The molecule has 0 aliphatic carbocycles. The Balaban J connectivity index is 1.95. The van der Waals surface area contributed by atoms with Gasteiger partial charge in [0, 0.05) is 5.41 Å². The van der Waals surface area contributed by atoms with Crippen molar-refractivity contribution in [1.82, 2.24) is 0 Å². The summed E-state index contributed by atoms with van der Waals surface area (Å²) in [7, 11) is 0. The Morgan fingerprint density at radius 2 is 1.08 bits per heavy atom. The van der Waals surface area contributed by atoms with Crippen LogP contribution in [0.3, 0.4) is 0 Å². The zero-order valence-electron chi connectivity index (χ0n) is 14.7. The van der Waals surface area contributed by atoms with Crippen LogP contribution in [0.2, 0.25) is 0 Å². The molecule has 2 aromatic rings. The topological polar surface area (TPSA) is 52.6 Å². The average Bonchev–Trinajstić information content (AvgIpc) is 2.69. The van der Waals surface area contributed by atoms with Crippen molar-refractivity contribution >= 4 is 11.9 Å². The number of ether oxygens (including phenoxy) is 2. The van der Waals surface area contributed by atoms with E-state index in [4.69, 9.17) is 9.47 Å². The minimum absolute atomic E-state index is 0.218. The van der Waals surface area contributed by atoms with Crippen LogP contribution in [0.25, 0.3) is 0 Å². The second kappa shape index (κ2) is 9.02. The summed E-state index contributed by atoms with van der Waals surface area (Å²) in [5, 5.41) is 0. The van der Waals surface area contributed by atoms with Crippen molar-refractivity contribution in [3.8, 4) is 0 Å². The Kier molecular flexibility index (Phi) is 6.75. The van der Waals surface area contributed by atoms with Crippen LogP contribution in [0.15, 0.2) is 60.7 Å². The van der Waals surface area contributed by atoms with Gasteiger partial charge in [-0.25, -0.2) is 9.59 Å². The molecule has 0 atom stereocenters. The first-order chi connectivity index (χ1) is 12.1. The van der Waals surface area contributed by atoms with Gasteiger partial charge in [-0.3, -0.25) is 0 Å². The van der Waals surface area contributed by atoms with Crippen LogP contribution in [0.5, 0.6) is 0 Å². The number of rotatable bonds is 8. The van der Waals surface area contributed by atoms with Gasteiger partial charge in [0.1, 0.15) is 13.2 Å². The van der Waals surface area contributed by atoms with Gasteiger partial charge in [-0.15, -0.1) is 0 Å². The molecule has 0 aliphatic rings. The smallest absolute Gasteiger partial charge is 0.338 e. The lowest BCUT2D eigenvalue weighted by Gasteiger charge is -2.30. The SMILES string of the molecule is CCC(CC)(COC(=O)c1ccccc1)COC(=O)c1ccccc1. The minimum atomic E-state index is -0.380. The monoisotopic (exact) mass is 340 g/mol. The summed E-state index contributed by atoms with van der Waals surface area (Å²) in [5.74, 6) is -0.720. The third-order valence-corrected chi connectivity index (χ3v) is 4.54. The molecule has 0 saturated heterocycles. The van der Waals surface area contributed by atoms with E-state index in [1.807, 2.05) is 26.0 Å². The van der Waals surface area contributed by atoms with Crippen molar-refractivity contribution in [2.45, 2.75) is 26.7 Å². The first-order valence-corrected chi connectivity index (χ1v) is 8.54. The second-order valence-electron chi connectivity index (χ2n) is 6.09. The van der Waals surface area contributed by atoms with Crippen LogP contribution in [0, 0.1) is 5.41 Å². The number of hydrogen-bond donors (Lipinski definition) is 0. The molecule has 0 amide bonds. The first-order valence-electron chi connectivity index (χ1n) is 8.54. The maximum Gasteiger partial charge on any atom is 0.338 e. The highest BCUT2D eigenvalue weighted by molar-refractivity contribution is 5.89. The summed E-state index contributed by atoms with van der Waals surface area (Å²) in [4.78, 5) is 24.3. The molecule has 4 heteroatoms. The molecule has 0 spiro atoms. The highest BCUT2D eigenvalue weighted by Gasteiger charge is 2.30. The fourth-order valence-electron chi connectivity index (χ4n) is 2.45. The van der Waals surface area contributed by atoms with Crippen LogP contribution >= 0.6 is 0 Å². The van der Waals surface area contributed by atoms with E-state index >= 15 is 0 Å². The van der Waals surface area contributed by atoms with Gasteiger partial charge in [0.15, 0.2) is 0 Å². The van der Waals surface area contributed by atoms with Crippen molar-refractivity contribution < 1.29 is 19.1 Å². The standard InChI is InChI=1S/C21H24O4/c1-3-21(4-2,15-24-19(22)17-11-7-5-8-12-17)16-25-20(23)18-13-9-6-10-14-18/h5-14H,3-4,15-16H2,1-2H3. The van der Waals surface area contributed by atoms with Gasteiger partial charge in [0.05, 0.1) is 11.1 Å². The van der Waals surface area contributed by atoms with Crippen LogP contribution < -0.4 is 0 Å². The van der Waals surface area contributed by atoms with Gasteiger partial charge < -0.3 is 9.47 Å². The molecule has 0 radical (unpaired) electrons. The van der Waals surface area contributed by atoms with Gasteiger partial charge in [-0.1, -0.05) is 50.2 Å². The lowest BCUT2D eigenvalue weighted by Crippen LogP contribution is -2.33. The lowest BCUT2D eigenvalue weighted by molar-refractivity contribution is -0.00858.